The number of likely N-dealkylation sites (tertiary alicyclic amines) is 1. The lowest BCUT2D eigenvalue weighted by atomic mass is 9.97. The maximum absolute atomic E-state index is 11.7. The summed E-state index contributed by atoms with van der Waals surface area (Å²) in [6.45, 7) is 5.15. The second kappa shape index (κ2) is 11.2. The molecule has 3 rings (SSSR count). The molecular formula is C21H30IN5O2. The van der Waals surface area contributed by atoms with Crippen LogP contribution in [0.4, 0.5) is 0 Å². The van der Waals surface area contributed by atoms with E-state index in [0.717, 1.165) is 44.3 Å². The van der Waals surface area contributed by atoms with Crippen molar-refractivity contribution in [3.63, 3.8) is 0 Å². The molecule has 0 bridgehead atoms. The number of carbonyl (C=O) groups is 1. The van der Waals surface area contributed by atoms with Crippen molar-refractivity contribution in [2.45, 2.75) is 32.9 Å². The van der Waals surface area contributed by atoms with Gasteiger partial charge in [0.25, 0.3) is 0 Å². The van der Waals surface area contributed by atoms with Crippen molar-refractivity contribution < 1.29 is 9.53 Å². The molecule has 8 heteroatoms. The van der Waals surface area contributed by atoms with E-state index in [4.69, 9.17) is 4.74 Å². The fraction of sp³-hybridized carbons (Fsp3) is 0.476. The summed E-state index contributed by atoms with van der Waals surface area (Å²) >= 11 is 0. The third kappa shape index (κ3) is 6.19. The first kappa shape index (κ1) is 23.2. The van der Waals surface area contributed by atoms with Crippen LogP contribution in [0.3, 0.4) is 0 Å². The van der Waals surface area contributed by atoms with Crippen molar-refractivity contribution in [3.05, 3.63) is 53.6 Å². The number of aryl methyl sites for hydroxylation is 1. The van der Waals surface area contributed by atoms with Crippen molar-refractivity contribution in [3.8, 4) is 0 Å². The molecule has 0 radical (unpaired) electrons. The molecule has 158 valence electrons. The summed E-state index contributed by atoms with van der Waals surface area (Å²) in [4.78, 5) is 22.6. The Morgan fingerprint density at radius 1 is 1.31 bits per heavy atom. The van der Waals surface area contributed by atoms with Crippen molar-refractivity contribution in [1.29, 1.82) is 0 Å². The van der Waals surface area contributed by atoms with Crippen LogP contribution < -0.4 is 5.32 Å². The van der Waals surface area contributed by atoms with Gasteiger partial charge in [-0.3, -0.25) is 9.79 Å². The molecule has 0 spiro atoms. The monoisotopic (exact) mass is 511 g/mol. The summed E-state index contributed by atoms with van der Waals surface area (Å²) in [5.74, 6) is 1.79. The van der Waals surface area contributed by atoms with E-state index >= 15 is 0 Å². The Labute approximate surface area is 189 Å². The number of aliphatic imine (C=N–C) groups is 1. The fourth-order valence-corrected chi connectivity index (χ4v) is 3.61. The number of nitrogens with zero attached hydrogens (tertiary/aromatic N) is 4. The van der Waals surface area contributed by atoms with Crippen LogP contribution in [0.25, 0.3) is 0 Å². The topological polar surface area (TPSA) is 71.8 Å². The molecule has 0 amide bonds. The zero-order valence-electron chi connectivity index (χ0n) is 17.3. The predicted molar refractivity (Wildman–Crippen MR) is 124 cm³/mol. The Kier molecular flexibility index (Phi) is 8.94. The van der Waals surface area contributed by atoms with Gasteiger partial charge >= 0.3 is 5.97 Å². The summed E-state index contributed by atoms with van der Waals surface area (Å²) in [6.07, 6.45) is 5.42. The first-order valence-electron chi connectivity index (χ1n) is 9.69. The third-order valence-corrected chi connectivity index (χ3v) is 5.26. The highest BCUT2D eigenvalue weighted by Crippen LogP contribution is 2.18. The molecule has 0 unspecified atom stereocenters. The van der Waals surface area contributed by atoms with Gasteiger partial charge in [-0.25, -0.2) is 4.98 Å². The minimum absolute atomic E-state index is 0. The van der Waals surface area contributed by atoms with Gasteiger partial charge in [0.1, 0.15) is 5.82 Å². The lowest BCUT2D eigenvalue weighted by Gasteiger charge is -2.33. The lowest BCUT2D eigenvalue weighted by molar-refractivity contribution is -0.146. The van der Waals surface area contributed by atoms with Gasteiger partial charge in [-0.15, -0.1) is 24.0 Å². The maximum Gasteiger partial charge on any atom is 0.308 e. The van der Waals surface area contributed by atoms with Crippen LogP contribution in [0.5, 0.6) is 0 Å². The summed E-state index contributed by atoms with van der Waals surface area (Å²) in [5.41, 5.74) is 2.45. The number of piperidine rings is 1. The molecule has 2 aromatic rings. The Bertz CT molecular complexity index is 828. The lowest BCUT2D eigenvalue weighted by Crippen LogP contribution is -2.46. The van der Waals surface area contributed by atoms with E-state index in [2.05, 4.69) is 49.0 Å². The molecule has 29 heavy (non-hydrogen) atoms. The number of halogens is 1. The number of benzene rings is 1. The average molecular weight is 511 g/mol. The number of aromatic nitrogens is 2. The minimum atomic E-state index is -0.104. The highest BCUT2D eigenvalue weighted by Gasteiger charge is 2.26. The Balaban J connectivity index is 0.00000300. The van der Waals surface area contributed by atoms with Crippen molar-refractivity contribution in [2.24, 2.45) is 10.9 Å². The van der Waals surface area contributed by atoms with Gasteiger partial charge in [-0.2, -0.15) is 0 Å². The largest absolute Gasteiger partial charge is 0.469 e. The number of carbonyl (C=O) groups excluding carboxylic acids is 1. The highest BCUT2D eigenvalue weighted by atomic mass is 127. The van der Waals surface area contributed by atoms with Crippen LogP contribution in [-0.2, 0) is 22.6 Å². The zero-order chi connectivity index (χ0) is 19.9. The molecule has 0 atom stereocenters. The van der Waals surface area contributed by atoms with E-state index in [1.54, 1.807) is 7.05 Å². The first-order valence-corrected chi connectivity index (χ1v) is 9.69. The second-order valence-corrected chi connectivity index (χ2v) is 7.11. The second-order valence-electron chi connectivity index (χ2n) is 7.11. The minimum Gasteiger partial charge on any atom is -0.469 e. The standard InChI is InChI=1S/C21H29N5O2.HI/c1-16-23-9-12-26(16)15-18-6-4-5-17(13-18)14-24-21(22-2)25-10-7-19(8-11-25)20(27)28-3;/h4-6,9,12-13,19H,7-8,10-11,14-15H2,1-3H3,(H,22,24);1H. The van der Waals surface area contributed by atoms with Crippen LogP contribution in [-0.4, -0.2) is 53.6 Å². The Morgan fingerprint density at radius 2 is 2.03 bits per heavy atom. The predicted octanol–water partition coefficient (Wildman–Crippen LogP) is 2.82. The van der Waals surface area contributed by atoms with E-state index in [0.29, 0.717) is 6.54 Å². The molecule has 7 nitrogen and oxygen atoms in total. The number of rotatable bonds is 5. The molecule has 1 N–H and O–H groups in total. The Hall–Kier alpha value is -2.10. The van der Waals surface area contributed by atoms with E-state index in [1.807, 2.05) is 19.3 Å². The van der Waals surface area contributed by atoms with Gasteiger partial charge in [0.15, 0.2) is 5.96 Å². The highest BCUT2D eigenvalue weighted by molar-refractivity contribution is 14.0. The van der Waals surface area contributed by atoms with E-state index in [-0.39, 0.29) is 35.9 Å². The number of guanidine groups is 1. The number of esters is 1. The van der Waals surface area contributed by atoms with Crippen LogP contribution in [0.1, 0.15) is 29.8 Å². The summed E-state index contributed by atoms with van der Waals surface area (Å²) in [7, 11) is 3.25. The normalized spacial score (nSPS) is 15.0. The molecule has 1 fully saturated rings. The average Bonchev–Trinajstić information content (AvgIpc) is 3.13. The summed E-state index contributed by atoms with van der Waals surface area (Å²) < 4.78 is 7.00. The molecule has 1 aliphatic rings. The van der Waals surface area contributed by atoms with Crippen LogP contribution in [0.15, 0.2) is 41.7 Å². The number of hydrogen-bond donors (Lipinski definition) is 1. The van der Waals surface area contributed by atoms with Crippen molar-refractivity contribution in [1.82, 2.24) is 19.8 Å². The molecule has 2 heterocycles. The Morgan fingerprint density at radius 3 is 2.66 bits per heavy atom. The van der Waals surface area contributed by atoms with Gasteiger partial charge < -0.3 is 19.5 Å². The van der Waals surface area contributed by atoms with Gasteiger partial charge in [-0.1, -0.05) is 24.3 Å². The molecule has 1 aromatic carbocycles. The van der Waals surface area contributed by atoms with Gasteiger partial charge in [-0.05, 0) is 30.9 Å². The SMILES string of the molecule is CN=C(NCc1cccc(Cn2ccnc2C)c1)N1CCC(C(=O)OC)CC1.I. The first-order chi connectivity index (χ1) is 13.6. The van der Waals surface area contributed by atoms with E-state index in [1.165, 1.54) is 18.2 Å². The zero-order valence-corrected chi connectivity index (χ0v) is 19.6. The van der Waals surface area contributed by atoms with Crippen LogP contribution >= 0.6 is 24.0 Å². The number of methoxy groups -OCH3 is 1. The molecule has 1 saturated heterocycles. The number of imidazole rings is 1. The molecule has 1 aliphatic heterocycles. The molecule has 0 aliphatic carbocycles. The van der Waals surface area contributed by atoms with E-state index in [9.17, 15) is 4.79 Å². The molecule has 1 aromatic heterocycles. The van der Waals surface area contributed by atoms with Gasteiger partial charge in [0.2, 0.25) is 0 Å². The van der Waals surface area contributed by atoms with Crippen LogP contribution in [0, 0.1) is 12.8 Å². The quantitative estimate of drug-likeness (QED) is 0.290. The maximum atomic E-state index is 11.7. The van der Waals surface area contributed by atoms with E-state index < -0.39 is 0 Å². The number of nitrogens with one attached hydrogen (secondary N) is 1. The molecule has 0 saturated carbocycles. The number of ether oxygens (including phenoxy) is 1. The third-order valence-electron chi connectivity index (χ3n) is 5.26. The van der Waals surface area contributed by atoms with Gasteiger partial charge in [0.05, 0.1) is 13.0 Å². The summed E-state index contributed by atoms with van der Waals surface area (Å²) in [5, 5.41) is 3.45. The summed E-state index contributed by atoms with van der Waals surface area (Å²) in [6, 6.07) is 8.55. The smallest absolute Gasteiger partial charge is 0.308 e. The number of hydrogen-bond acceptors (Lipinski definition) is 4. The van der Waals surface area contributed by atoms with Crippen LogP contribution in [0.2, 0.25) is 0 Å². The van der Waals surface area contributed by atoms with Crippen molar-refractivity contribution in [2.75, 3.05) is 27.2 Å². The molecular weight excluding hydrogens is 481 g/mol. The van der Waals surface area contributed by atoms with Crippen molar-refractivity contribution >= 4 is 35.9 Å². The van der Waals surface area contributed by atoms with Gasteiger partial charge in [0, 0.05) is 45.6 Å². The fourth-order valence-electron chi connectivity index (χ4n) is 3.61.